The van der Waals surface area contributed by atoms with Crippen molar-refractivity contribution in [2.24, 2.45) is 5.10 Å². The van der Waals surface area contributed by atoms with Gasteiger partial charge in [-0.2, -0.15) is 9.78 Å². The van der Waals surface area contributed by atoms with Crippen molar-refractivity contribution >= 4 is 44.7 Å². The lowest BCUT2D eigenvalue weighted by atomic mass is 10.1. The highest BCUT2D eigenvalue weighted by Gasteiger charge is 2.23. The van der Waals surface area contributed by atoms with Gasteiger partial charge in [0.2, 0.25) is 5.75 Å². The lowest BCUT2D eigenvalue weighted by Crippen LogP contribution is -2.24. The number of benzene rings is 2. The Balaban J connectivity index is 2.19. The molecular weight excluding hydrogens is 484 g/mol. The van der Waals surface area contributed by atoms with Gasteiger partial charge in [0, 0.05) is 22.0 Å². The Morgan fingerprint density at radius 3 is 2.66 bits per heavy atom. The lowest BCUT2D eigenvalue weighted by Gasteiger charge is -2.14. The average molecular weight is 503 g/mol. The fourth-order valence-corrected chi connectivity index (χ4v) is 3.28. The standard InChI is InChI=1S/C21H19BrN4O6/c1-11(2)19-24-16-8-7-14(22)9-15(16)20(27)25(19)23-10-13-5-4-6-17(26(30)31)18(13)32-12(3)21(28)29/h4-12H,1-3H3,(H,28,29)/t12-/m0/s1. The molecule has 1 atom stereocenters. The molecule has 0 aliphatic rings. The molecule has 0 saturated carbocycles. The summed E-state index contributed by atoms with van der Waals surface area (Å²) in [6.45, 7) is 4.97. The minimum absolute atomic E-state index is 0.142. The Labute approximate surface area is 190 Å². The van der Waals surface area contributed by atoms with E-state index in [1.54, 1.807) is 18.2 Å². The van der Waals surface area contributed by atoms with Gasteiger partial charge < -0.3 is 9.84 Å². The molecular formula is C21H19BrN4O6. The Hall–Kier alpha value is -3.60. The maximum Gasteiger partial charge on any atom is 0.344 e. The van der Waals surface area contributed by atoms with Gasteiger partial charge in [-0.15, -0.1) is 0 Å². The second-order valence-corrected chi connectivity index (χ2v) is 8.11. The summed E-state index contributed by atoms with van der Waals surface area (Å²) in [5.41, 5.74) is -0.173. The van der Waals surface area contributed by atoms with Crippen molar-refractivity contribution in [2.45, 2.75) is 32.8 Å². The van der Waals surface area contributed by atoms with Crippen LogP contribution >= 0.6 is 15.9 Å². The third-order valence-corrected chi connectivity index (χ3v) is 5.02. The first-order valence-corrected chi connectivity index (χ1v) is 10.3. The van der Waals surface area contributed by atoms with Gasteiger partial charge in [-0.25, -0.2) is 9.78 Å². The first kappa shape index (κ1) is 23.1. The van der Waals surface area contributed by atoms with Crippen molar-refractivity contribution in [3.8, 4) is 5.75 Å². The molecule has 0 fully saturated rings. The number of rotatable bonds is 7. The van der Waals surface area contributed by atoms with E-state index < -0.39 is 28.2 Å². The normalized spacial score (nSPS) is 12.4. The predicted molar refractivity (Wildman–Crippen MR) is 122 cm³/mol. The van der Waals surface area contributed by atoms with Crippen molar-refractivity contribution in [3.05, 3.63) is 72.7 Å². The minimum Gasteiger partial charge on any atom is -0.479 e. The number of nitro groups is 1. The molecule has 0 aliphatic heterocycles. The smallest absolute Gasteiger partial charge is 0.344 e. The fourth-order valence-electron chi connectivity index (χ4n) is 2.91. The van der Waals surface area contributed by atoms with Crippen LogP contribution in [0.1, 0.15) is 38.1 Å². The number of hydrogen-bond donors (Lipinski definition) is 1. The summed E-state index contributed by atoms with van der Waals surface area (Å²) in [5, 5.41) is 25.2. The Morgan fingerprint density at radius 1 is 1.31 bits per heavy atom. The molecule has 0 spiro atoms. The van der Waals surface area contributed by atoms with E-state index in [9.17, 15) is 19.7 Å². The van der Waals surface area contributed by atoms with Gasteiger partial charge in [-0.05, 0) is 31.2 Å². The molecule has 3 rings (SSSR count). The van der Waals surface area contributed by atoms with E-state index in [0.717, 1.165) is 4.68 Å². The van der Waals surface area contributed by atoms with E-state index in [2.05, 4.69) is 26.0 Å². The van der Waals surface area contributed by atoms with Crippen molar-refractivity contribution < 1.29 is 19.6 Å². The van der Waals surface area contributed by atoms with Crippen molar-refractivity contribution in [3.63, 3.8) is 0 Å². The average Bonchev–Trinajstić information content (AvgIpc) is 2.73. The van der Waals surface area contributed by atoms with Gasteiger partial charge in [0.15, 0.2) is 6.10 Å². The van der Waals surface area contributed by atoms with Gasteiger partial charge in [-0.3, -0.25) is 14.9 Å². The quantitative estimate of drug-likeness (QED) is 0.293. The SMILES string of the molecule is CC(C)c1nc2ccc(Br)cc2c(=O)n1N=Cc1cccc([N+](=O)[O-])c1O[C@@H](C)C(=O)O. The molecule has 0 aliphatic carbocycles. The fraction of sp³-hybridized carbons (Fsp3) is 0.238. The summed E-state index contributed by atoms with van der Waals surface area (Å²) in [6, 6.07) is 9.23. The maximum atomic E-state index is 13.1. The first-order valence-electron chi connectivity index (χ1n) is 9.53. The van der Waals surface area contributed by atoms with Crippen molar-refractivity contribution in [2.75, 3.05) is 0 Å². The molecule has 0 unspecified atom stereocenters. The summed E-state index contributed by atoms with van der Waals surface area (Å²) in [7, 11) is 0. The highest BCUT2D eigenvalue weighted by molar-refractivity contribution is 9.10. The zero-order chi connectivity index (χ0) is 23.6. The molecule has 1 N–H and O–H groups in total. The Bertz CT molecular complexity index is 1300. The van der Waals surface area contributed by atoms with Crippen LogP contribution in [0.5, 0.6) is 5.75 Å². The van der Waals surface area contributed by atoms with Crippen LogP contribution in [0.3, 0.4) is 0 Å². The number of halogens is 1. The number of para-hydroxylation sites is 1. The predicted octanol–water partition coefficient (Wildman–Crippen LogP) is 3.92. The topological polar surface area (TPSA) is 137 Å². The molecule has 2 aromatic carbocycles. The number of carboxylic acids is 1. The van der Waals surface area contributed by atoms with Gasteiger partial charge in [0.1, 0.15) is 5.82 Å². The number of carboxylic acid groups (broad SMARTS) is 1. The van der Waals surface area contributed by atoms with Crippen LogP contribution in [-0.2, 0) is 4.79 Å². The summed E-state index contributed by atoms with van der Waals surface area (Å²) < 4.78 is 7.17. The highest BCUT2D eigenvalue weighted by Crippen LogP contribution is 2.31. The molecule has 0 bridgehead atoms. The molecule has 11 heteroatoms. The van der Waals surface area contributed by atoms with Crippen LogP contribution in [0.4, 0.5) is 5.69 Å². The monoisotopic (exact) mass is 502 g/mol. The van der Waals surface area contributed by atoms with E-state index in [1.165, 1.54) is 31.3 Å². The second-order valence-electron chi connectivity index (χ2n) is 7.20. The molecule has 10 nitrogen and oxygen atoms in total. The molecule has 0 radical (unpaired) electrons. The largest absolute Gasteiger partial charge is 0.479 e. The first-order chi connectivity index (χ1) is 15.1. The number of aromatic nitrogens is 2. The highest BCUT2D eigenvalue weighted by atomic mass is 79.9. The van der Waals surface area contributed by atoms with Crippen molar-refractivity contribution in [1.29, 1.82) is 0 Å². The van der Waals surface area contributed by atoms with E-state index in [4.69, 9.17) is 9.84 Å². The number of fused-ring (bicyclic) bond motifs is 1. The molecule has 32 heavy (non-hydrogen) atoms. The summed E-state index contributed by atoms with van der Waals surface area (Å²) >= 11 is 3.34. The minimum atomic E-state index is -1.34. The molecule has 1 heterocycles. The van der Waals surface area contributed by atoms with Crippen LogP contribution in [0.25, 0.3) is 10.9 Å². The maximum absolute atomic E-state index is 13.1. The van der Waals surface area contributed by atoms with Gasteiger partial charge in [0.05, 0.1) is 22.0 Å². The Kier molecular flexibility index (Phi) is 6.68. The number of nitro benzene ring substituents is 1. The third-order valence-electron chi connectivity index (χ3n) is 4.53. The van der Waals surface area contributed by atoms with Crippen LogP contribution in [0, 0.1) is 10.1 Å². The van der Waals surface area contributed by atoms with E-state index in [1.807, 2.05) is 13.8 Å². The summed E-state index contributed by atoms with van der Waals surface area (Å²) in [4.78, 5) is 39.6. The zero-order valence-corrected chi connectivity index (χ0v) is 18.9. The van der Waals surface area contributed by atoms with E-state index in [-0.39, 0.29) is 17.2 Å². The Morgan fingerprint density at radius 2 is 2.03 bits per heavy atom. The number of ether oxygens (including phenoxy) is 1. The van der Waals surface area contributed by atoms with Crippen molar-refractivity contribution in [1.82, 2.24) is 9.66 Å². The lowest BCUT2D eigenvalue weighted by molar-refractivity contribution is -0.386. The van der Waals surface area contributed by atoms with E-state index in [0.29, 0.717) is 21.2 Å². The third kappa shape index (κ3) is 4.67. The molecule has 166 valence electrons. The molecule has 0 amide bonds. The van der Waals surface area contributed by atoms with Gasteiger partial charge >= 0.3 is 11.7 Å². The molecule has 3 aromatic rings. The summed E-state index contributed by atoms with van der Waals surface area (Å²) in [6.07, 6.45) is -0.118. The molecule has 1 aromatic heterocycles. The van der Waals surface area contributed by atoms with Crippen LogP contribution < -0.4 is 10.3 Å². The van der Waals surface area contributed by atoms with E-state index >= 15 is 0 Å². The van der Waals surface area contributed by atoms with Crippen LogP contribution in [-0.4, -0.2) is 38.0 Å². The zero-order valence-electron chi connectivity index (χ0n) is 17.4. The number of carbonyl (C=O) groups is 1. The summed E-state index contributed by atoms with van der Waals surface area (Å²) in [5.74, 6) is -1.30. The van der Waals surface area contributed by atoms with Gasteiger partial charge in [-0.1, -0.05) is 35.8 Å². The number of hydrogen-bond acceptors (Lipinski definition) is 7. The number of nitrogens with zero attached hydrogens (tertiary/aromatic N) is 4. The van der Waals surface area contributed by atoms with Gasteiger partial charge in [0.25, 0.3) is 5.56 Å². The van der Waals surface area contributed by atoms with Crippen LogP contribution in [0.15, 0.2) is 50.8 Å². The molecule has 0 saturated heterocycles. The number of aliphatic carboxylic acids is 1. The second kappa shape index (κ2) is 9.27. The van der Waals surface area contributed by atoms with Crippen LogP contribution in [0.2, 0.25) is 0 Å².